The quantitative estimate of drug-likeness (QED) is 0.818. The minimum Gasteiger partial charge on any atom is -0.349 e. The summed E-state index contributed by atoms with van der Waals surface area (Å²) in [7, 11) is 0. The Balaban J connectivity index is 2.01. The van der Waals surface area contributed by atoms with E-state index in [4.69, 9.17) is 5.73 Å². The number of hydrogen-bond acceptors (Lipinski definition) is 3. The van der Waals surface area contributed by atoms with Crippen LogP contribution < -0.4 is 11.1 Å². The van der Waals surface area contributed by atoms with Gasteiger partial charge in [0.1, 0.15) is 0 Å². The Morgan fingerprint density at radius 2 is 1.76 bits per heavy atom. The van der Waals surface area contributed by atoms with Crippen molar-refractivity contribution in [3.05, 3.63) is 35.4 Å². The average molecular weight is 288 g/mol. The van der Waals surface area contributed by atoms with Crippen LogP contribution in [0, 0.1) is 5.92 Å². The fourth-order valence-electron chi connectivity index (χ4n) is 2.94. The number of nitrogens with two attached hydrogens (primary N) is 1. The molecule has 4 nitrogen and oxygen atoms in total. The fraction of sp³-hybridized carbons (Fsp3) is 0.529. The monoisotopic (exact) mass is 288 g/mol. The predicted octanol–water partition coefficient (Wildman–Crippen LogP) is 2.53. The lowest BCUT2D eigenvalue weighted by Gasteiger charge is -2.31. The van der Waals surface area contributed by atoms with Gasteiger partial charge in [0.25, 0.3) is 5.91 Å². The predicted molar refractivity (Wildman–Crippen MR) is 83.3 cm³/mol. The van der Waals surface area contributed by atoms with Gasteiger partial charge in [0.05, 0.1) is 0 Å². The van der Waals surface area contributed by atoms with Gasteiger partial charge in [-0.1, -0.05) is 31.9 Å². The maximum atomic E-state index is 12.3. The molecular weight excluding hydrogens is 264 g/mol. The zero-order valence-electron chi connectivity index (χ0n) is 12.6. The van der Waals surface area contributed by atoms with Crippen molar-refractivity contribution in [1.29, 1.82) is 0 Å². The van der Waals surface area contributed by atoms with E-state index in [0.717, 1.165) is 19.3 Å². The Morgan fingerprint density at radius 1 is 1.14 bits per heavy atom. The Bertz CT molecular complexity index is 496. The first-order valence-electron chi connectivity index (χ1n) is 7.80. The first-order chi connectivity index (χ1) is 10.2. The highest BCUT2D eigenvalue weighted by atomic mass is 16.1. The number of ketones is 1. The molecule has 21 heavy (non-hydrogen) atoms. The molecule has 0 heterocycles. The van der Waals surface area contributed by atoms with Crippen LogP contribution in [0.3, 0.4) is 0 Å². The van der Waals surface area contributed by atoms with Crippen molar-refractivity contribution in [2.45, 2.75) is 45.1 Å². The summed E-state index contributed by atoms with van der Waals surface area (Å²) in [5, 5.41) is 3.09. The van der Waals surface area contributed by atoms with E-state index >= 15 is 0 Å². The number of Topliss-reactive ketones (excluding diaryl/α,β-unsaturated/α-hetero) is 1. The highest BCUT2D eigenvalue weighted by Crippen LogP contribution is 2.23. The second kappa shape index (κ2) is 7.36. The van der Waals surface area contributed by atoms with Crippen LogP contribution in [0.4, 0.5) is 0 Å². The van der Waals surface area contributed by atoms with Crippen molar-refractivity contribution in [3.63, 3.8) is 0 Å². The van der Waals surface area contributed by atoms with Crippen molar-refractivity contribution >= 4 is 11.7 Å². The molecule has 0 aromatic heterocycles. The van der Waals surface area contributed by atoms with Gasteiger partial charge in [0.15, 0.2) is 5.78 Å². The number of carbonyl (C=O) groups excluding carboxylic acids is 2. The summed E-state index contributed by atoms with van der Waals surface area (Å²) >= 11 is 0. The lowest BCUT2D eigenvalue weighted by Crippen LogP contribution is -2.44. The van der Waals surface area contributed by atoms with Gasteiger partial charge in [-0.3, -0.25) is 9.59 Å². The molecule has 1 amide bonds. The smallest absolute Gasteiger partial charge is 0.251 e. The molecule has 2 unspecified atom stereocenters. The lowest BCUT2D eigenvalue weighted by atomic mass is 9.84. The van der Waals surface area contributed by atoms with Crippen molar-refractivity contribution in [2.75, 3.05) is 6.54 Å². The number of benzene rings is 1. The molecule has 1 aliphatic rings. The van der Waals surface area contributed by atoms with Gasteiger partial charge in [0, 0.05) is 23.6 Å². The third-order valence-electron chi connectivity index (χ3n) is 4.32. The molecule has 1 aromatic carbocycles. The fourth-order valence-corrected chi connectivity index (χ4v) is 2.94. The SMILES string of the molecule is CCC(=O)c1ccc(C(=O)NC2CCCCC2CN)cc1. The first kappa shape index (κ1) is 15.7. The van der Waals surface area contributed by atoms with Crippen molar-refractivity contribution in [1.82, 2.24) is 5.32 Å². The molecule has 1 saturated carbocycles. The Morgan fingerprint density at radius 3 is 2.38 bits per heavy atom. The van der Waals surface area contributed by atoms with Crippen LogP contribution in [-0.4, -0.2) is 24.3 Å². The van der Waals surface area contributed by atoms with E-state index in [1.54, 1.807) is 24.3 Å². The van der Waals surface area contributed by atoms with E-state index in [1.807, 2.05) is 6.92 Å². The summed E-state index contributed by atoms with van der Waals surface area (Å²) in [6.07, 6.45) is 4.91. The molecule has 0 bridgehead atoms. The molecule has 3 N–H and O–H groups in total. The van der Waals surface area contributed by atoms with Gasteiger partial charge in [-0.15, -0.1) is 0 Å². The summed E-state index contributed by atoms with van der Waals surface area (Å²) in [4.78, 5) is 23.9. The maximum absolute atomic E-state index is 12.3. The minimum absolute atomic E-state index is 0.0733. The lowest BCUT2D eigenvalue weighted by molar-refractivity contribution is 0.0906. The number of carbonyl (C=O) groups is 2. The largest absolute Gasteiger partial charge is 0.349 e. The van der Waals surface area contributed by atoms with Crippen LogP contribution in [0.15, 0.2) is 24.3 Å². The highest BCUT2D eigenvalue weighted by Gasteiger charge is 2.25. The van der Waals surface area contributed by atoms with Crippen molar-refractivity contribution in [2.24, 2.45) is 11.7 Å². The third-order valence-corrected chi connectivity index (χ3v) is 4.32. The Labute approximate surface area is 126 Å². The molecule has 0 radical (unpaired) electrons. The third kappa shape index (κ3) is 3.91. The number of rotatable bonds is 5. The molecule has 1 fully saturated rings. The van der Waals surface area contributed by atoms with Gasteiger partial charge in [0.2, 0.25) is 0 Å². The molecule has 0 spiro atoms. The highest BCUT2D eigenvalue weighted by molar-refractivity contribution is 5.98. The second-order valence-corrected chi connectivity index (χ2v) is 5.71. The molecule has 114 valence electrons. The molecule has 4 heteroatoms. The molecule has 0 aliphatic heterocycles. The first-order valence-corrected chi connectivity index (χ1v) is 7.80. The topological polar surface area (TPSA) is 72.2 Å². The minimum atomic E-state index is -0.0733. The number of amides is 1. The summed E-state index contributed by atoms with van der Waals surface area (Å²) in [5.41, 5.74) is 7.05. The van der Waals surface area contributed by atoms with Crippen LogP contribution in [0.1, 0.15) is 59.7 Å². The zero-order valence-corrected chi connectivity index (χ0v) is 12.6. The molecule has 2 atom stereocenters. The molecule has 2 rings (SSSR count). The van der Waals surface area contributed by atoms with Gasteiger partial charge in [-0.05, 0) is 37.4 Å². The standard InChI is InChI=1S/C17H24N2O2/c1-2-16(20)12-7-9-13(10-8-12)17(21)19-15-6-4-3-5-14(15)11-18/h7-10,14-15H,2-6,11,18H2,1H3,(H,19,21). The normalized spacial score (nSPS) is 21.8. The van der Waals surface area contributed by atoms with E-state index < -0.39 is 0 Å². The van der Waals surface area contributed by atoms with E-state index in [-0.39, 0.29) is 17.7 Å². The van der Waals surface area contributed by atoms with Crippen LogP contribution in [0.25, 0.3) is 0 Å². The van der Waals surface area contributed by atoms with Gasteiger partial charge in [-0.25, -0.2) is 0 Å². The summed E-state index contributed by atoms with van der Waals surface area (Å²) in [6, 6.07) is 7.06. The summed E-state index contributed by atoms with van der Waals surface area (Å²) in [5.74, 6) is 0.400. The molecule has 1 aliphatic carbocycles. The maximum Gasteiger partial charge on any atom is 0.251 e. The number of nitrogens with one attached hydrogen (secondary N) is 1. The van der Waals surface area contributed by atoms with E-state index in [9.17, 15) is 9.59 Å². The Hall–Kier alpha value is -1.68. The van der Waals surface area contributed by atoms with Crippen LogP contribution >= 0.6 is 0 Å². The number of hydrogen-bond donors (Lipinski definition) is 2. The molecule has 0 saturated heterocycles. The van der Waals surface area contributed by atoms with Gasteiger partial charge in [-0.2, -0.15) is 0 Å². The summed E-state index contributed by atoms with van der Waals surface area (Å²) < 4.78 is 0. The van der Waals surface area contributed by atoms with Crippen LogP contribution in [0.2, 0.25) is 0 Å². The van der Waals surface area contributed by atoms with E-state index in [1.165, 1.54) is 6.42 Å². The Kier molecular flexibility index (Phi) is 5.51. The van der Waals surface area contributed by atoms with Gasteiger partial charge >= 0.3 is 0 Å². The summed E-state index contributed by atoms with van der Waals surface area (Å²) in [6.45, 7) is 2.45. The van der Waals surface area contributed by atoms with E-state index in [0.29, 0.717) is 30.0 Å². The van der Waals surface area contributed by atoms with Crippen molar-refractivity contribution in [3.8, 4) is 0 Å². The molecular formula is C17H24N2O2. The molecule has 1 aromatic rings. The van der Waals surface area contributed by atoms with Crippen molar-refractivity contribution < 1.29 is 9.59 Å². The van der Waals surface area contributed by atoms with Gasteiger partial charge < -0.3 is 11.1 Å². The zero-order chi connectivity index (χ0) is 15.2. The van der Waals surface area contributed by atoms with E-state index in [2.05, 4.69) is 5.32 Å². The van der Waals surface area contributed by atoms with Crippen LogP contribution in [0.5, 0.6) is 0 Å². The average Bonchev–Trinajstić information content (AvgIpc) is 2.54. The van der Waals surface area contributed by atoms with Crippen LogP contribution in [-0.2, 0) is 0 Å². The second-order valence-electron chi connectivity index (χ2n) is 5.71.